The van der Waals surface area contributed by atoms with E-state index in [4.69, 9.17) is 10.5 Å². The summed E-state index contributed by atoms with van der Waals surface area (Å²) >= 11 is 0. The van der Waals surface area contributed by atoms with Gasteiger partial charge in [0.05, 0.1) is 0 Å². The monoisotopic (exact) mass is 504 g/mol. The van der Waals surface area contributed by atoms with Gasteiger partial charge in [0.25, 0.3) is 0 Å². The Morgan fingerprint density at radius 3 is 1.92 bits per heavy atom. The van der Waals surface area contributed by atoms with Gasteiger partial charge in [-0.2, -0.15) is 0 Å². The predicted molar refractivity (Wildman–Crippen MR) is 140 cm³/mol. The number of benzene rings is 1. The van der Waals surface area contributed by atoms with Crippen LogP contribution in [0, 0.1) is 13.8 Å². The van der Waals surface area contributed by atoms with Gasteiger partial charge in [0.2, 0.25) is 17.7 Å². The maximum Gasteiger partial charge on any atom is 0.408 e. The summed E-state index contributed by atoms with van der Waals surface area (Å²) in [7, 11) is 0. The highest BCUT2D eigenvalue weighted by Crippen LogP contribution is 2.34. The number of hydrogen-bond donors (Lipinski definition) is 3. The standard InChI is InChI=1S/C27H44N4O5/c1-16(2)29-23(33)22(21-17(3)12-11-13-18(21)4)31(26(5,6)7)24(34)19(14-15-20(28)32)30-25(35)36-27(8,9)10/h11-13,16,19,22H,14-15H2,1-10H3,(H2,28,32)(H,29,33)(H,30,35). The lowest BCUT2D eigenvalue weighted by Crippen LogP contribution is -2.59. The Morgan fingerprint density at radius 1 is 0.972 bits per heavy atom. The van der Waals surface area contributed by atoms with E-state index in [9.17, 15) is 19.2 Å². The fourth-order valence-electron chi connectivity index (χ4n) is 4.01. The maximum atomic E-state index is 14.2. The first-order valence-corrected chi connectivity index (χ1v) is 12.3. The molecule has 0 radical (unpaired) electrons. The Bertz CT molecular complexity index is 940. The van der Waals surface area contributed by atoms with Crippen LogP contribution in [0.1, 0.15) is 91.0 Å². The zero-order valence-corrected chi connectivity index (χ0v) is 23.4. The average molecular weight is 505 g/mol. The highest BCUT2D eigenvalue weighted by Gasteiger charge is 2.43. The van der Waals surface area contributed by atoms with Crippen molar-refractivity contribution in [3.63, 3.8) is 0 Å². The van der Waals surface area contributed by atoms with Crippen LogP contribution in [0.25, 0.3) is 0 Å². The minimum Gasteiger partial charge on any atom is -0.444 e. The van der Waals surface area contributed by atoms with Crippen LogP contribution in [0.4, 0.5) is 4.79 Å². The Kier molecular flexibility index (Phi) is 10.5. The Morgan fingerprint density at radius 2 is 1.50 bits per heavy atom. The highest BCUT2D eigenvalue weighted by molar-refractivity contribution is 5.93. The Hall–Kier alpha value is -3.10. The van der Waals surface area contributed by atoms with Gasteiger partial charge >= 0.3 is 6.09 Å². The molecule has 0 aliphatic carbocycles. The molecule has 202 valence electrons. The topological polar surface area (TPSA) is 131 Å². The molecule has 0 heterocycles. The lowest BCUT2D eigenvalue weighted by Gasteiger charge is -2.44. The molecule has 0 saturated heterocycles. The molecular formula is C27H44N4O5. The maximum absolute atomic E-state index is 14.2. The van der Waals surface area contributed by atoms with Crippen molar-refractivity contribution in [1.29, 1.82) is 0 Å². The zero-order chi connectivity index (χ0) is 28.0. The van der Waals surface area contributed by atoms with Crippen LogP contribution in [0.5, 0.6) is 0 Å². The third-order valence-corrected chi connectivity index (χ3v) is 5.38. The van der Waals surface area contributed by atoms with Crippen LogP contribution >= 0.6 is 0 Å². The molecule has 1 aromatic carbocycles. The second-order valence-electron chi connectivity index (χ2n) is 11.5. The van der Waals surface area contributed by atoms with E-state index >= 15 is 0 Å². The van der Waals surface area contributed by atoms with Gasteiger partial charge in [0.1, 0.15) is 17.7 Å². The molecule has 9 heteroatoms. The summed E-state index contributed by atoms with van der Waals surface area (Å²) in [5.41, 5.74) is 6.17. The second kappa shape index (κ2) is 12.2. The summed E-state index contributed by atoms with van der Waals surface area (Å²) in [6.45, 7) is 18.1. The number of rotatable bonds is 9. The van der Waals surface area contributed by atoms with E-state index in [-0.39, 0.29) is 24.8 Å². The quantitative estimate of drug-likeness (QED) is 0.472. The molecule has 0 fully saturated rings. The molecule has 1 rings (SSSR count). The Balaban J connectivity index is 3.67. The van der Waals surface area contributed by atoms with Gasteiger partial charge < -0.3 is 26.0 Å². The van der Waals surface area contributed by atoms with Gasteiger partial charge in [-0.15, -0.1) is 0 Å². The first-order chi connectivity index (χ1) is 16.3. The third kappa shape index (κ3) is 9.17. The lowest BCUT2D eigenvalue weighted by molar-refractivity contribution is -0.148. The molecule has 0 spiro atoms. The minimum atomic E-state index is -1.13. The molecule has 0 saturated carbocycles. The molecule has 36 heavy (non-hydrogen) atoms. The van der Waals surface area contributed by atoms with Crippen LogP contribution in [-0.4, -0.2) is 51.9 Å². The van der Waals surface area contributed by atoms with E-state index in [1.165, 1.54) is 4.90 Å². The molecule has 9 nitrogen and oxygen atoms in total. The highest BCUT2D eigenvalue weighted by atomic mass is 16.6. The Labute approximate surface area is 215 Å². The molecule has 0 aliphatic heterocycles. The number of carbonyl (C=O) groups excluding carboxylic acids is 4. The summed E-state index contributed by atoms with van der Waals surface area (Å²) in [6.07, 6.45) is -0.962. The summed E-state index contributed by atoms with van der Waals surface area (Å²) in [5.74, 6) is -1.46. The van der Waals surface area contributed by atoms with Crippen molar-refractivity contribution in [3.05, 3.63) is 34.9 Å². The van der Waals surface area contributed by atoms with E-state index in [0.29, 0.717) is 5.56 Å². The summed E-state index contributed by atoms with van der Waals surface area (Å²) in [4.78, 5) is 53.5. The molecule has 2 unspecified atom stereocenters. The van der Waals surface area contributed by atoms with Crippen molar-refractivity contribution >= 4 is 23.8 Å². The van der Waals surface area contributed by atoms with Gasteiger partial charge in [-0.3, -0.25) is 14.4 Å². The van der Waals surface area contributed by atoms with Crippen molar-refractivity contribution in [3.8, 4) is 0 Å². The number of nitrogens with two attached hydrogens (primary N) is 1. The van der Waals surface area contributed by atoms with Crippen LogP contribution in [0.3, 0.4) is 0 Å². The number of aryl methyl sites for hydroxylation is 2. The molecule has 4 amide bonds. The molecule has 0 bridgehead atoms. The van der Waals surface area contributed by atoms with Gasteiger partial charge in [-0.05, 0) is 92.3 Å². The summed E-state index contributed by atoms with van der Waals surface area (Å²) < 4.78 is 5.36. The fourth-order valence-corrected chi connectivity index (χ4v) is 4.01. The molecule has 0 aliphatic rings. The number of carbonyl (C=O) groups is 4. The second-order valence-corrected chi connectivity index (χ2v) is 11.5. The SMILES string of the molecule is Cc1cccc(C)c1C(C(=O)NC(C)C)N(C(=O)C(CCC(N)=O)NC(=O)OC(C)(C)C)C(C)(C)C. The zero-order valence-electron chi connectivity index (χ0n) is 23.4. The third-order valence-electron chi connectivity index (χ3n) is 5.38. The van der Waals surface area contributed by atoms with Crippen molar-refractivity contribution < 1.29 is 23.9 Å². The normalized spacial score (nSPS) is 13.5. The van der Waals surface area contributed by atoms with Crippen molar-refractivity contribution in [2.45, 2.75) is 111 Å². The predicted octanol–water partition coefficient (Wildman–Crippen LogP) is 3.66. The minimum absolute atomic E-state index is 0.0364. The fraction of sp³-hybridized carbons (Fsp3) is 0.630. The van der Waals surface area contributed by atoms with E-state index in [2.05, 4.69) is 10.6 Å². The number of primary amides is 1. The largest absolute Gasteiger partial charge is 0.444 e. The first-order valence-electron chi connectivity index (χ1n) is 12.3. The molecule has 1 aromatic rings. The lowest BCUT2D eigenvalue weighted by atomic mass is 9.89. The average Bonchev–Trinajstić information content (AvgIpc) is 2.66. The van der Waals surface area contributed by atoms with E-state index < -0.39 is 41.1 Å². The molecule has 0 aromatic heterocycles. The van der Waals surface area contributed by atoms with E-state index in [1.807, 2.05) is 66.7 Å². The van der Waals surface area contributed by atoms with Crippen LogP contribution in [0.2, 0.25) is 0 Å². The number of nitrogens with zero attached hydrogens (tertiary/aromatic N) is 1. The number of ether oxygens (including phenoxy) is 1. The van der Waals surface area contributed by atoms with Gasteiger partial charge in [-0.1, -0.05) is 18.2 Å². The molecular weight excluding hydrogens is 460 g/mol. The number of nitrogens with one attached hydrogen (secondary N) is 2. The van der Waals surface area contributed by atoms with Crippen molar-refractivity contribution in [2.75, 3.05) is 0 Å². The van der Waals surface area contributed by atoms with E-state index in [1.54, 1.807) is 20.8 Å². The number of hydrogen-bond acceptors (Lipinski definition) is 5. The van der Waals surface area contributed by atoms with Crippen LogP contribution in [0.15, 0.2) is 18.2 Å². The van der Waals surface area contributed by atoms with Crippen LogP contribution < -0.4 is 16.4 Å². The number of amides is 4. The van der Waals surface area contributed by atoms with Gasteiger partial charge in [0.15, 0.2) is 0 Å². The molecule has 2 atom stereocenters. The van der Waals surface area contributed by atoms with Gasteiger partial charge in [-0.25, -0.2) is 4.79 Å². The number of alkyl carbamates (subject to hydrolysis) is 1. The first kappa shape index (κ1) is 30.9. The van der Waals surface area contributed by atoms with E-state index in [0.717, 1.165) is 11.1 Å². The molecule has 4 N–H and O–H groups in total. The van der Waals surface area contributed by atoms with Gasteiger partial charge in [0, 0.05) is 18.0 Å². The summed E-state index contributed by atoms with van der Waals surface area (Å²) in [6, 6.07) is 3.42. The summed E-state index contributed by atoms with van der Waals surface area (Å²) in [5, 5.41) is 5.55. The smallest absolute Gasteiger partial charge is 0.408 e. The van der Waals surface area contributed by atoms with Crippen molar-refractivity contribution in [2.24, 2.45) is 5.73 Å². The van der Waals surface area contributed by atoms with Crippen LogP contribution in [-0.2, 0) is 19.1 Å². The van der Waals surface area contributed by atoms with Crippen molar-refractivity contribution in [1.82, 2.24) is 15.5 Å².